The molecule has 1 aromatic rings. The van der Waals surface area contributed by atoms with Gasteiger partial charge in [0.15, 0.2) is 0 Å². The van der Waals surface area contributed by atoms with Crippen LogP contribution in [-0.4, -0.2) is 48.7 Å². The summed E-state index contributed by atoms with van der Waals surface area (Å²) in [6, 6.07) is 8.07. The normalized spacial score (nSPS) is 12.8. The van der Waals surface area contributed by atoms with Crippen molar-refractivity contribution in [2.75, 3.05) is 13.7 Å². The highest BCUT2D eigenvalue weighted by Gasteiger charge is 2.22. The summed E-state index contributed by atoms with van der Waals surface area (Å²) in [5, 5.41) is 14.3. The zero-order chi connectivity index (χ0) is 17.9. The molecular formula is C17H24N2O5. The molecule has 0 heterocycles. The summed E-state index contributed by atoms with van der Waals surface area (Å²) >= 11 is 0. The molecule has 0 aliphatic carbocycles. The predicted molar refractivity (Wildman–Crippen MR) is 88.0 cm³/mol. The van der Waals surface area contributed by atoms with Crippen molar-refractivity contribution in [3.05, 3.63) is 35.9 Å². The second kappa shape index (κ2) is 10.4. The molecular weight excluding hydrogens is 312 g/mol. The molecule has 1 rings (SSSR count). The van der Waals surface area contributed by atoms with Gasteiger partial charge in [-0.25, -0.2) is 0 Å². The Labute approximate surface area is 141 Å². The van der Waals surface area contributed by atoms with Crippen molar-refractivity contribution < 1.29 is 24.2 Å². The number of benzene rings is 1. The number of methoxy groups -OCH3 is 1. The summed E-state index contributed by atoms with van der Waals surface area (Å²) in [4.78, 5) is 35.4. The van der Waals surface area contributed by atoms with Gasteiger partial charge < -0.3 is 20.5 Å². The van der Waals surface area contributed by atoms with E-state index in [4.69, 9.17) is 5.11 Å². The Hall–Kier alpha value is -2.41. The fourth-order valence-electron chi connectivity index (χ4n) is 2.03. The number of ether oxygens (including phenoxy) is 1. The van der Waals surface area contributed by atoms with Gasteiger partial charge in [0.1, 0.15) is 6.04 Å². The van der Waals surface area contributed by atoms with Crippen LogP contribution in [0.3, 0.4) is 0 Å². The number of esters is 1. The number of carbonyl (C=O) groups excluding carboxylic acids is 3. The monoisotopic (exact) mass is 336 g/mol. The van der Waals surface area contributed by atoms with Crippen molar-refractivity contribution >= 4 is 17.8 Å². The second-order valence-electron chi connectivity index (χ2n) is 5.48. The predicted octanol–water partition coefficient (Wildman–Crippen LogP) is 0.164. The number of hydrogen-bond donors (Lipinski definition) is 3. The van der Waals surface area contributed by atoms with Gasteiger partial charge in [0.25, 0.3) is 0 Å². The van der Waals surface area contributed by atoms with Crippen LogP contribution in [0.25, 0.3) is 0 Å². The molecule has 1 aromatic carbocycles. The fourth-order valence-corrected chi connectivity index (χ4v) is 2.03. The van der Waals surface area contributed by atoms with Gasteiger partial charge in [-0.2, -0.15) is 0 Å². The summed E-state index contributed by atoms with van der Waals surface area (Å²) < 4.78 is 4.49. The van der Waals surface area contributed by atoms with Gasteiger partial charge >= 0.3 is 5.97 Å². The third-order valence-electron chi connectivity index (χ3n) is 3.38. The van der Waals surface area contributed by atoms with Crippen molar-refractivity contribution in [2.24, 2.45) is 0 Å². The van der Waals surface area contributed by atoms with E-state index < -0.39 is 24.0 Å². The van der Waals surface area contributed by atoms with Crippen molar-refractivity contribution in [1.29, 1.82) is 0 Å². The highest BCUT2D eigenvalue weighted by Crippen LogP contribution is 2.05. The van der Waals surface area contributed by atoms with E-state index in [0.717, 1.165) is 5.56 Å². The van der Waals surface area contributed by atoms with Crippen molar-refractivity contribution in [3.63, 3.8) is 0 Å². The van der Waals surface area contributed by atoms with Gasteiger partial charge in [-0.1, -0.05) is 30.3 Å². The van der Waals surface area contributed by atoms with Crippen LogP contribution in [0.1, 0.15) is 25.3 Å². The van der Waals surface area contributed by atoms with Crippen molar-refractivity contribution in [2.45, 2.75) is 38.3 Å². The number of carbonyl (C=O) groups is 3. The highest BCUT2D eigenvalue weighted by molar-refractivity contribution is 5.89. The molecule has 0 unspecified atom stereocenters. The molecule has 0 fully saturated rings. The minimum Gasteiger partial charge on any atom is -0.469 e. The molecule has 3 N–H and O–H groups in total. The summed E-state index contributed by atoms with van der Waals surface area (Å²) in [6.45, 7) is 1.47. The van der Waals surface area contributed by atoms with Crippen molar-refractivity contribution in [1.82, 2.24) is 10.6 Å². The standard InChI is InChI=1S/C17H24N2O5/c1-12(11-20)18-17(23)14(10-13-6-4-3-5-7-13)19-15(21)8-9-16(22)24-2/h3-7,12,14,20H,8-11H2,1-2H3,(H,18,23)(H,19,21)/t12-,14-/m0/s1. The number of amides is 2. The SMILES string of the molecule is COC(=O)CCC(=O)N[C@@H](Cc1ccccc1)C(=O)N[C@@H](C)CO. The zero-order valence-corrected chi connectivity index (χ0v) is 14.0. The van der Waals surface area contributed by atoms with E-state index in [1.54, 1.807) is 6.92 Å². The zero-order valence-electron chi connectivity index (χ0n) is 14.0. The van der Waals surface area contributed by atoms with E-state index >= 15 is 0 Å². The summed E-state index contributed by atoms with van der Waals surface area (Å²) in [5.41, 5.74) is 0.891. The molecule has 0 radical (unpaired) electrons. The maximum atomic E-state index is 12.3. The minimum atomic E-state index is -0.786. The van der Waals surface area contributed by atoms with Gasteiger partial charge in [-0.3, -0.25) is 14.4 Å². The summed E-state index contributed by atoms with van der Waals surface area (Å²) in [7, 11) is 1.25. The molecule has 0 saturated carbocycles. The molecule has 0 bridgehead atoms. The van der Waals surface area contributed by atoms with E-state index in [0.29, 0.717) is 6.42 Å². The molecule has 2 atom stereocenters. The van der Waals surface area contributed by atoms with Gasteiger partial charge in [0.2, 0.25) is 11.8 Å². The maximum absolute atomic E-state index is 12.3. The molecule has 0 saturated heterocycles. The Kier molecular flexibility index (Phi) is 8.49. The summed E-state index contributed by atoms with van der Waals surface area (Å²) in [6.07, 6.45) is 0.213. The number of hydrogen-bond acceptors (Lipinski definition) is 5. The van der Waals surface area contributed by atoms with Crippen LogP contribution in [0.5, 0.6) is 0 Å². The van der Waals surface area contributed by atoms with Crippen LogP contribution >= 0.6 is 0 Å². The number of nitrogens with one attached hydrogen (secondary N) is 2. The minimum absolute atomic E-state index is 0.0466. The van der Waals surface area contributed by atoms with Crippen LogP contribution in [-0.2, 0) is 25.5 Å². The van der Waals surface area contributed by atoms with Crippen LogP contribution in [0, 0.1) is 0 Å². The third-order valence-corrected chi connectivity index (χ3v) is 3.38. The average molecular weight is 336 g/mol. The Morgan fingerprint density at radius 1 is 1.12 bits per heavy atom. The lowest BCUT2D eigenvalue weighted by molar-refractivity contribution is -0.142. The van der Waals surface area contributed by atoms with Gasteiger partial charge in [-0.15, -0.1) is 0 Å². The van der Waals surface area contributed by atoms with E-state index in [2.05, 4.69) is 15.4 Å². The number of aliphatic hydroxyl groups is 1. The van der Waals surface area contributed by atoms with E-state index in [1.807, 2.05) is 30.3 Å². The maximum Gasteiger partial charge on any atom is 0.306 e. The average Bonchev–Trinajstić information content (AvgIpc) is 2.59. The smallest absolute Gasteiger partial charge is 0.306 e. The second-order valence-corrected chi connectivity index (χ2v) is 5.48. The first-order valence-corrected chi connectivity index (χ1v) is 7.77. The topological polar surface area (TPSA) is 105 Å². The Morgan fingerprint density at radius 2 is 1.79 bits per heavy atom. The number of rotatable bonds is 9. The molecule has 0 spiro atoms. The van der Waals surface area contributed by atoms with Gasteiger partial charge in [0, 0.05) is 18.9 Å². The fraction of sp³-hybridized carbons (Fsp3) is 0.471. The Morgan fingerprint density at radius 3 is 2.38 bits per heavy atom. The number of aliphatic hydroxyl groups excluding tert-OH is 1. The molecule has 24 heavy (non-hydrogen) atoms. The lowest BCUT2D eigenvalue weighted by Gasteiger charge is -2.20. The molecule has 0 aliphatic heterocycles. The van der Waals surface area contributed by atoms with Crippen LogP contribution in [0.4, 0.5) is 0 Å². The molecule has 0 aromatic heterocycles. The molecule has 132 valence electrons. The largest absolute Gasteiger partial charge is 0.469 e. The first-order valence-electron chi connectivity index (χ1n) is 7.77. The summed E-state index contributed by atoms with van der Waals surface area (Å²) in [5.74, 6) is -1.27. The van der Waals surface area contributed by atoms with Crippen LogP contribution in [0.15, 0.2) is 30.3 Å². The lowest BCUT2D eigenvalue weighted by Crippen LogP contribution is -2.50. The van der Waals surface area contributed by atoms with Gasteiger partial charge in [-0.05, 0) is 12.5 Å². The van der Waals surface area contributed by atoms with Crippen molar-refractivity contribution in [3.8, 4) is 0 Å². The molecule has 0 aliphatic rings. The van der Waals surface area contributed by atoms with E-state index in [1.165, 1.54) is 7.11 Å². The Bertz CT molecular complexity index is 547. The third kappa shape index (κ3) is 7.23. The lowest BCUT2D eigenvalue weighted by atomic mass is 10.0. The quantitative estimate of drug-likeness (QED) is 0.557. The molecule has 7 nitrogen and oxygen atoms in total. The van der Waals surface area contributed by atoms with E-state index in [9.17, 15) is 14.4 Å². The van der Waals surface area contributed by atoms with Crippen LogP contribution < -0.4 is 10.6 Å². The van der Waals surface area contributed by atoms with Gasteiger partial charge in [0.05, 0.1) is 20.1 Å². The molecule has 7 heteroatoms. The van der Waals surface area contributed by atoms with E-state index in [-0.39, 0.29) is 25.4 Å². The first-order chi connectivity index (χ1) is 11.5. The van der Waals surface area contributed by atoms with Crippen LogP contribution in [0.2, 0.25) is 0 Å². The Balaban J connectivity index is 2.71. The first kappa shape index (κ1) is 19.6. The highest BCUT2D eigenvalue weighted by atomic mass is 16.5. The molecule has 2 amide bonds.